The number of carboxylic acids is 1. The van der Waals surface area contributed by atoms with Gasteiger partial charge in [-0.05, 0) is 26.7 Å². The third-order valence-corrected chi connectivity index (χ3v) is 3.42. The Morgan fingerprint density at radius 1 is 1.33 bits per heavy atom. The van der Waals surface area contributed by atoms with Crippen LogP contribution in [-0.2, 0) is 9.59 Å². The lowest BCUT2D eigenvalue weighted by atomic mass is 9.80. The molecular formula is C11H19N3O4. The first kappa shape index (κ1) is 14.3. The highest BCUT2D eigenvalue weighted by Gasteiger charge is 2.38. The van der Waals surface area contributed by atoms with Gasteiger partial charge in [-0.3, -0.25) is 9.59 Å². The molecular weight excluding hydrogens is 238 g/mol. The van der Waals surface area contributed by atoms with Crippen LogP contribution in [0.1, 0.15) is 26.7 Å². The minimum Gasteiger partial charge on any atom is -0.481 e. The minimum atomic E-state index is -0.835. The number of piperidine rings is 1. The molecule has 1 aliphatic heterocycles. The lowest BCUT2D eigenvalue weighted by Gasteiger charge is -2.37. The highest BCUT2D eigenvalue weighted by atomic mass is 16.4. The number of amides is 3. The summed E-state index contributed by atoms with van der Waals surface area (Å²) in [6, 6.07) is -1.43. The van der Waals surface area contributed by atoms with Gasteiger partial charge in [-0.15, -0.1) is 0 Å². The number of primary amides is 1. The first-order valence-electron chi connectivity index (χ1n) is 5.84. The lowest BCUT2D eigenvalue weighted by molar-refractivity contribution is -0.153. The number of likely N-dealkylation sites (tertiary alicyclic amines) is 1. The third kappa shape index (κ3) is 3.12. The number of nitrogens with zero attached hydrogens (tertiary/aromatic N) is 1. The molecule has 1 saturated heterocycles. The lowest BCUT2D eigenvalue weighted by Crippen LogP contribution is -2.52. The topological polar surface area (TPSA) is 113 Å². The van der Waals surface area contributed by atoms with Gasteiger partial charge in [0.1, 0.15) is 6.04 Å². The molecule has 1 heterocycles. The number of nitrogens with one attached hydrogen (secondary N) is 1. The highest BCUT2D eigenvalue weighted by Crippen LogP contribution is 2.31. The van der Waals surface area contributed by atoms with Crippen molar-refractivity contribution in [3.8, 4) is 0 Å². The number of carbonyl (C=O) groups excluding carboxylic acids is 2. The van der Waals surface area contributed by atoms with E-state index in [2.05, 4.69) is 5.32 Å². The van der Waals surface area contributed by atoms with Gasteiger partial charge in [-0.25, -0.2) is 4.79 Å². The smallest absolute Gasteiger partial charge is 0.312 e. The second-order valence-corrected chi connectivity index (χ2v) is 4.92. The van der Waals surface area contributed by atoms with Crippen LogP contribution in [0.15, 0.2) is 0 Å². The van der Waals surface area contributed by atoms with Crippen molar-refractivity contribution in [1.29, 1.82) is 0 Å². The summed E-state index contributed by atoms with van der Waals surface area (Å²) in [5.41, 5.74) is 4.18. The zero-order valence-corrected chi connectivity index (χ0v) is 10.6. The van der Waals surface area contributed by atoms with Gasteiger partial charge in [0, 0.05) is 13.1 Å². The Labute approximate surface area is 105 Å². The van der Waals surface area contributed by atoms with E-state index in [0.717, 1.165) is 0 Å². The Balaban J connectivity index is 2.55. The number of urea groups is 1. The van der Waals surface area contributed by atoms with E-state index in [-0.39, 0.29) is 5.91 Å². The predicted octanol–water partition coefficient (Wildman–Crippen LogP) is -0.243. The summed E-state index contributed by atoms with van der Waals surface area (Å²) in [5, 5.41) is 11.4. The Kier molecular flexibility index (Phi) is 4.15. The van der Waals surface area contributed by atoms with E-state index < -0.39 is 23.5 Å². The van der Waals surface area contributed by atoms with Gasteiger partial charge < -0.3 is 21.1 Å². The van der Waals surface area contributed by atoms with Crippen LogP contribution >= 0.6 is 0 Å². The van der Waals surface area contributed by atoms with Crippen molar-refractivity contribution in [2.45, 2.75) is 32.7 Å². The summed E-state index contributed by atoms with van der Waals surface area (Å²) in [6.07, 6.45) is 0.828. The average molecular weight is 257 g/mol. The van der Waals surface area contributed by atoms with E-state index in [4.69, 9.17) is 10.8 Å². The maximum Gasteiger partial charge on any atom is 0.312 e. The molecule has 0 saturated carbocycles. The fourth-order valence-corrected chi connectivity index (χ4v) is 1.98. The second kappa shape index (κ2) is 5.24. The van der Waals surface area contributed by atoms with Crippen LogP contribution in [0.25, 0.3) is 0 Å². The van der Waals surface area contributed by atoms with Crippen LogP contribution in [-0.4, -0.2) is 47.0 Å². The molecule has 0 aromatic carbocycles. The number of carbonyl (C=O) groups is 3. The van der Waals surface area contributed by atoms with E-state index in [0.29, 0.717) is 25.9 Å². The molecule has 1 unspecified atom stereocenters. The molecule has 18 heavy (non-hydrogen) atoms. The zero-order valence-electron chi connectivity index (χ0n) is 10.6. The molecule has 0 aliphatic carbocycles. The van der Waals surface area contributed by atoms with Gasteiger partial charge in [0.25, 0.3) is 0 Å². The van der Waals surface area contributed by atoms with Gasteiger partial charge in [-0.1, -0.05) is 0 Å². The number of hydrogen-bond acceptors (Lipinski definition) is 3. The highest BCUT2D eigenvalue weighted by molar-refractivity contribution is 5.86. The summed E-state index contributed by atoms with van der Waals surface area (Å²) in [6.45, 7) is 4.00. The van der Waals surface area contributed by atoms with Crippen LogP contribution in [0.2, 0.25) is 0 Å². The Morgan fingerprint density at radius 2 is 1.83 bits per heavy atom. The largest absolute Gasteiger partial charge is 0.481 e. The number of aliphatic carboxylic acids is 1. The van der Waals surface area contributed by atoms with Gasteiger partial charge in [0.05, 0.1) is 5.41 Å². The first-order valence-corrected chi connectivity index (χ1v) is 5.84. The fourth-order valence-electron chi connectivity index (χ4n) is 1.98. The molecule has 1 rings (SSSR count). The van der Waals surface area contributed by atoms with Crippen LogP contribution in [0.3, 0.4) is 0 Å². The predicted molar refractivity (Wildman–Crippen MR) is 63.7 cm³/mol. The van der Waals surface area contributed by atoms with Crippen molar-refractivity contribution in [1.82, 2.24) is 10.2 Å². The van der Waals surface area contributed by atoms with Gasteiger partial charge >= 0.3 is 12.0 Å². The number of carboxylic acid groups (broad SMARTS) is 1. The van der Waals surface area contributed by atoms with Gasteiger partial charge in [0.2, 0.25) is 5.91 Å². The molecule has 0 spiro atoms. The summed E-state index contributed by atoms with van der Waals surface area (Å²) >= 11 is 0. The maximum absolute atomic E-state index is 11.9. The maximum atomic E-state index is 11.9. The van der Waals surface area contributed by atoms with Crippen molar-refractivity contribution in [2.75, 3.05) is 13.1 Å². The average Bonchev–Trinajstić information content (AvgIpc) is 2.28. The second-order valence-electron chi connectivity index (χ2n) is 4.92. The van der Waals surface area contributed by atoms with Crippen LogP contribution in [0.5, 0.6) is 0 Å². The summed E-state index contributed by atoms with van der Waals surface area (Å²) in [4.78, 5) is 35.2. The number of rotatable bonds is 3. The van der Waals surface area contributed by atoms with Crippen molar-refractivity contribution < 1.29 is 19.5 Å². The van der Waals surface area contributed by atoms with Crippen molar-refractivity contribution >= 4 is 17.9 Å². The monoisotopic (exact) mass is 257 g/mol. The summed E-state index contributed by atoms with van der Waals surface area (Å²) in [7, 11) is 0. The fraction of sp³-hybridized carbons (Fsp3) is 0.727. The Hall–Kier alpha value is -1.79. The molecule has 3 amide bonds. The van der Waals surface area contributed by atoms with Crippen molar-refractivity contribution in [3.05, 3.63) is 0 Å². The summed E-state index contributed by atoms with van der Waals surface area (Å²) < 4.78 is 0. The molecule has 1 aliphatic rings. The SMILES string of the molecule is CC(NC(N)=O)C(=O)N1CCC(C)(C(=O)O)CC1. The molecule has 7 nitrogen and oxygen atoms in total. The van der Waals surface area contributed by atoms with E-state index in [1.54, 1.807) is 18.7 Å². The summed E-state index contributed by atoms with van der Waals surface area (Å²) in [5.74, 6) is -1.07. The van der Waals surface area contributed by atoms with Gasteiger partial charge in [0.15, 0.2) is 0 Å². The molecule has 0 radical (unpaired) electrons. The Bertz CT molecular complexity index is 361. The van der Waals surface area contributed by atoms with E-state index >= 15 is 0 Å². The number of nitrogens with two attached hydrogens (primary N) is 1. The van der Waals surface area contributed by atoms with Crippen LogP contribution in [0, 0.1) is 5.41 Å². The molecule has 0 aromatic rings. The molecule has 1 fully saturated rings. The Morgan fingerprint density at radius 3 is 2.22 bits per heavy atom. The number of hydrogen-bond donors (Lipinski definition) is 3. The van der Waals surface area contributed by atoms with E-state index in [1.165, 1.54) is 0 Å². The molecule has 7 heteroatoms. The molecule has 1 atom stereocenters. The molecule has 4 N–H and O–H groups in total. The van der Waals surface area contributed by atoms with E-state index in [9.17, 15) is 14.4 Å². The first-order chi connectivity index (χ1) is 8.26. The molecule has 102 valence electrons. The zero-order chi connectivity index (χ0) is 13.9. The molecule has 0 aromatic heterocycles. The van der Waals surface area contributed by atoms with Gasteiger partial charge in [-0.2, -0.15) is 0 Å². The van der Waals surface area contributed by atoms with Crippen molar-refractivity contribution in [2.24, 2.45) is 11.1 Å². The normalized spacial score (nSPS) is 20.0. The standard InChI is InChI=1S/C11H19N3O4/c1-7(13-10(12)18)8(15)14-5-3-11(2,4-6-14)9(16)17/h7H,3-6H2,1-2H3,(H,16,17)(H3,12,13,18). The third-order valence-electron chi connectivity index (χ3n) is 3.42. The van der Waals surface area contributed by atoms with Crippen LogP contribution in [0.4, 0.5) is 4.79 Å². The van der Waals surface area contributed by atoms with Crippen LogP contribution < -0.4 is 11.1 Å². The minimum absolute atomic E-state index is 0.235. The molecule has 0 bridgehead atoms. The van der Waals surface area contributed by atoms with Crippen molar-refractivity contribution in [3.63, 3.8) is 0 Å². The van der Waals surface area contributed by atoms with E-state index in [1.807, 2.05) is 0 Å². The quantitative estimate of drug-likeness (QED) is 0.647.